The van der Waals surface area contributed by atoms with Crippen molar-refractivity contribution in [1.82, 2.24) is 0 Å². The van der Waals surface area contributed by atoms with Crippen molar-refractivity contribution in [3.05, 3.63) is 83.4 Å². The van der Waals surface area contributed by atoms with Gasteiger partial charge in [-0.2, -0.15) is 0 Å². The van der Waals surface area contributed by atoms with E-state index < -0.39 is 0 Å². The largest absolute Gasteiger partial charge is 0.553 e. The molecule has 4 saturated carbocycles. The fourth-order valence-corrected chi connectivity index (χ4v) is 8.06. The van der Waals surface area contributed by atoms with Crippen LogP contribution < -0.4 is 4.43 Å². The van der Waals surface area contributed by atoms with Gasteiger partial charge in [0.2, 0.25) is 10.5 Å². The van der Waals surface area contributed by atoms with Crippen LogP contribution in [0, 0.1) is 23.7 Å². The fourth-order valence-electron chi connectivity index (χ4n) is 7.62. The van der Waals surface area contributed by atoms with Crippen molar-refractivity contribution in [3.8, 4) is 28.0 Å². The van der Waals surface area contributed by atoms with Crippen molar-refractivity contribution in [2.24, 2.45) is 23.7 Å². The predicted molar refractivity (Wildman–Crippen MR) is 152 cm³/mol. The van der Waals surface area contributed by atoms with Gasteiger partial charge in [0, 0.05) is 11.1 Å². The smallest absolute Gasteiger partial charge is 0.204 e. The van der Waals surface area contributed by atoms with Gasteiger partial charge < -0.3 is 4.43 Å². The Kier molecular flexibility index (Phi) is 5.76. The topological polar surface area (TPSA) is 9.23 Å². The van der Waals surface area contributed by atoms with Crippen LogP contribution in [0.3, 0.4) is 0 Å². The SMILES string of the molecule is CC(C)(C)c1c(O[SiH3])c(C=C2C3CC4CC(C3)CC2C4)cc(-c2ccccc2)c1-c1ccccc1. The van der Waals surface area contributed by atoms with E-state index in [4.69, 9.17) is 4.43 Å². The van der Waals surface area contributed by atoms with Gasteiger partial charge in [-0.3, -0.25) is 0 Å². The predicted octanol–water partition coefficient (Wildman–Crippen LogP) is 7.82. The minimum absolute atomic E-state index is 0.0486. The molecule has 0 amide bonds. The highest BCUT2D eigenvalue weighted by atomic mass is 28.2. The zero-order chi connectivity index (χ0) is 24.2. The third-order valence-corrected chi connectivity index (χ3v) is 9.22. The van der Waals surface area contributed by atoms with Crippen molar-refractivity contribution in [2.45, 2.75) is 58.3 Å². The molecule has 0 saturated heterocycles. The zero-order valence-electron chi connectivity index (χ0n) is 21.7. The first-order valence-corrected chi connectivity index (χ1v) is 14.3. The Labute approximate surface area is 214 Å². The molecule has 0 radical (unpaired) electrons. The van der Waals surface area contributed by atoms with E-state index in [0.29, 0.717) is 10.5 Å². The van der Waals surface area contributed by atoms with Crippen LogP contribution in [0.2, 0.25) is 0 Å². The van der Waals surface area contributed by atoms with Gasteiger partial charge in [0.05, 0.1) is 0 Å². The third-order valence-electron chi connectivity index (χ3n) is 8.81. The van der Waals surface area contributed by atoms with Gasteiger partial charge in [-0.05, 0) is 89.5 Å². The Morgan fingerprint density at radius 1 is 0.771 bits per heavy atom. The Hall–Kier alpha value is -2.58. The highest BCUT2D eigenvalue weighted by Gasteiger charge is 2.45. The van der Waals surface area contributed by atoms with Gasteiger partial charge in [-0.15, -0.1) is 0 Å². The number of allylic oxidation sites excluding steroid dienone is 1. The second kappa shape index (κ2) is 8.82. The molecule has 35 heavy (non-hydrogen) atoms. The van der Waals surface area contributed by atoms with Crippen LogP contribution in [0.15, 0.2) is 72.3 Å². The molecule has 4 aliphatic carbocycles. The van der Waals surface area contributed by atoms with E-state index in [1.165, 1.54) is 65.5 Å². The number of benzene rings is 3. The van der Waals surface area contributed by atoms with E-state index in [2.05, 4.69) is 93.6 Å². The van der Waals surface area contributed by atoms with Gasteiger partial charge in [0.25, 0.3) is 0 Å². The van der Waals surface area contributed by atoms with E-state index in [9.17, 15) is 0 Å². The molecule has 0 N–H and O–H groups in total. The van der Waals surface area contributed by atoms with E-state index in [1.807, 2.05) is 0 Å². The molecule has 7 rings (SSSR count). The molecule has 180 valence electrons. The average Bonchev–Trinajstić information content (AvgIpc) is 2.85. The van der Waals surface area contributed by atoms with Crippen molar-refractivity contribution in [2.75, 3.05) is 0 Å². The van der Waals surface area contributed by atoms with Crippen LogP contribution in [-0.2, 0) is 5.41 Å². The third kappa shape index (κ3) is 4.10. The van der Waals surface area contributed by atoms with Gasteiger partial charge >= 0.3 is 0 Å². The van der Waals surface area contributed by atoms with Crippen molar-refractivity contribution >= 4 is 16.6 Å². The maximum absolute atomic E-state index is 6.44. The van der Waals surface area contributed by atoms with E-state index >= 15 is 0 Å². The second-order valence-corrected chi connectivity index (χ2v) is 12.6. The summed E-state index contributed by atoms with van der Waals surface area (Å²) in [6.45, 7) is 7.02. The monoisotopic (exact) mass is 478 g/mol. The molecule has 2 heteroatoms. The Bertz CT molecular complexity index is 1220. The summed E-state index contributed by atoms with van der Waals surface area (Å²) in [5.74, 6) is 4.66. The molecule has 0 unspecified atom stereocenters. The lowest BCUT2D eigenvalue weighted by atomic mass is 9.54. The summed E-state index contributed by atoms with van der Waals surface area (Å²) in [7, 11) is 0.683. The first-order valence-electron chi connectivity index (χ1n) is 13.5. The average molecular weight is 479 g/mol. The van der Waals surface area contributed by atoms with Crippen LogP contribution >= 0.6 is 0 Å². The molecule has 0 aliphatic heterocycles. The van der Waals surface area contributed by atoms with Crippen molar-refractivity contribution in [3.63, 3.8) is 0 Å². The maximum atomic E-state index is 6.44. The Balaban J connectivity index is 1.62. The second-order valence-electron chi connectivity index (χ2n) is 12.2. The lowest BCUT2D eigenvalue weighted by Gasteiger charge is -2.51. The Morgan fingerprint density at radius 2 is 1.31 bits per heavy atom. The zero-order valence-corrected chi connectivity index (χ0v) is 23.7. The molecule has 4 fully saturated rings. The molecule has 4 aliphatic rings. The summed E-state index contributed by atoms with van der Waals surface area (Å²) in [6, 6.07) is 24.3. The lowest BCUT2D eigenvalue weighted by molar-refractivity contribution is 0.0710. The maximum Gasteiger partial charge on any atom is 0.204 e. The molecule has 0 aromatic heterocycles. The summed E-state index contributed by atoms with van der Waals surface area (Å²) >= 11 is 0. The summed E-state index contributed by atoms with van der Waals surface area (Å²) in [4.78, 5) is 0. The van der Waals surface area contributed by atoms with Crippen molar-refractivity contribution in [1.29, 1.82) is 0 Å². The van der Waals surface area contributed by atoms with Crippen LogP contribution in [0.1, 0.15) is 64.0 Å². The fraction of sp³-hybridized carbons (Fsp3) is 0.394. The molecule has 1 nitrogen and oxygen atoms in total. The Morgan fingerprint density at radius 3 is 1.83 bits per heavy atom. The van der Waals surface area contributed by atoms with Gasteiger partial charge in [0.1, 0.15) is 5.75 Å². The number of hydrogen-bond donors (Lipinski definition) is 0. The quantitative estimate of drug-likeness (QED) is 0.347. The molecule has 0 atom stereocenters. The number of hydrogen-bond acceptors (Lipinski definition) is 1. The minimum atomic E-state index is -0.0486. The van der Waals surface area contributed by atoms with Crippen LogP contribution in [0.5, 0.6) is 5.75 Å². The van der Waals surface area contributed by atoms with Crippen LogP contribution in [0.4, 0.5) is 0 Å². The standard InChI is InChI=1S/C33H38OSi/c1-33(2,3)31-30(24-12-8-5-9-13-24)29(23-10-6-4-7-11-23)20-27(32(31)34-35)19-28-25-15-21-14-22(17-25)18-26(28)16-21/h4-13,19-22,25-26H,14-18H2,1-3,35H3. The van der Waals surface area contributed by atoms with Crippen molar-refractivity contribution < 1.29 is 4.43 Å². The molecule has 0 heterocycles. The van der Waals surface area contributed by atoms with E-state index in [1.54, 1.807) is 5.57 Å². The van der Waals surface area contributed by atoms with Gasteiger partial charge in [-0.1, -0.05) is 93.1 Å². The summed E-state index contributed by atoms with van der Waals surface area (Å²) in [6.07, 6.45) is 9.72. The molecular weight excluding hydrogens is 440 g/mol. The highest BCUT2D eigenvalue weighted by Crippen LogP contribution is 2.57. The minimum Gasteiger partial charge on any atom is -0.553 e. The molecule has 4 bridgehead atoms. The normalized spacial score (nSPS) is 25.2. The van der Waals surface area contributed by atoms with Crippen LogP contribution in [0.25, 0.3) is 28.3 Å². The molecule has 3 aromatic rings. The summed E-state index contributed by atoms with van der Waals surface area (Å²) in [5, 5.41) is 0. The first-order chi connectivity index (χ1) is 16.9. The van der Waals surface area contributed by atoms with Gasteiger partial charge in [-0.25, -0.2) is 0 Å². The van der Waals surface area contributed by atoms with E-state index in [0.717, 1.165) is 29.4 Å². The molecule has 0 spiro atoms. The summed E-state index contributed by atoms with van der Waals surface area (Å²) in [5.41, 5.74) is 9.51. The summed E-state index contributed by atoms with van der Waals surface area (Å²) < 4.78 is 6.44. The van der Waals surface area contributed by atoms with E-state index in [-0.39, 0.29) is 5.41 Å². The number of rotatable bonds is 4. The van der Waals surface area contributed by atoms with Gasteiger partial charge in [0.15, 0.2) is 0 Å². The highest BCUT2D eigenvalue weighted by molar-refractivity contribution is 6.01. The van der Waals surface area contributed by atoms with Crippen LogP contribution in [-0.4, -0.2) is 10.5 Å². The molecule has 3 aromatic carbocycles. The lowest BCUT2D eigenvalue weighted by Crippen LogP contribution is -2.40. The molecular formula is C33H38OSi. The first kappa shape index (κ1) is 22.9.